The van der Waals surface area contributed by atoms with Gasteiger partial charge in [0, 0.05) is 22.7 Å². The zero-order valence-corrected chi connectivity index (χ0v) is 11.0. The largest absolute Gasteiger partial charge is 0.328 e. The highest BCUT2D eigenvalue weighted by molar-refractivity contribution is 5.98. The van der Waals surface area contributed by atoms with Crippen molar-refractivity contribution < 1.29 is 4.79 Å². The van der Waals surface area contributed by atoms with Crippen LogP contribution in [0.15, 0.2) is 53.5 Å². The van der Waals surface area contributed by atoms with Crippen molar-refractivity contribution in [2.75, 3.05) is 0 Å². The van der Waals surface area contributed by atoms with Gasteiger partial charge >= 0.3 is 0 Å². The predicted octanol–water partition coefficient (Wildman–Crippen LogP) is 3.32. The molecule has 3 rings (SSSR count). The van der Waals surface area contributed by atoms with Gasteiger partial charge in [-0.15, -0.1) is 0 Å². The third kappa shape index (κ3) is 1.93. The van der Waals surface area contributed by atoms with Crippen molar-refractivity contribution in [2.24, 2.45) is 0 Å². The second-order valence-corrected chi connectivity index (χ2v) is 4.77. The van der Waals surface area contributed by atoms with Crippen LogP contribution >= 0.6 is 0 Å². The van der Waals surface area contributed by atoms with E-state index < -0.39 is 0 Å². The number of nitrogens with one attached hydrogen (secondary N) is 1. The van der Waals surface area contributed by atoms with Gasteiger partial charge in [-0.1, -0.05) is 36.4 Å². The Morgan fingerprint density at radius 3 is 2.55 bits per heavy atom. The summed E-state index contributed by atoms with van der Waals surface area (Å²) in [6, 6.07) is 13.2. The Morgan fingerprint density at radius 1 is 1.00 bits per heavy atom. The van der Waals surface area contributed by atoms with Crippen molar-refractivity contribution >= 4 is 17.1 Å². The van der Waals surface area contributed by atoms with Crippen LogP contribution in [0.3, 0.4) is 0 Å². The summed E-state index contributed by atoms with van der Waals surface area (Å²) < 4.78 is 0. The lowest BCUT2D eigenvalue weighted by Crippen LogP contribution is -2.06. The maximum absolute atomic E-state index is 11.9. The summed E-state index contributed by atoms with van der Waals surface area (Å²) in [6.45, 7) is 2.03. The zero-order chi connectivity index (χ0) is 14.1. The van der Waals surface area contributed by atoms with E-state index in [4.69, 9.17) is 0 Å². The lowest BCUT2D eigenvalue weighted by Gasteiger charge is -2.09. The molecule has 0 saturated carbocycles. The fourth-order valence-corrected chi connectivity index (χ4v) is 2.45. The number of aromatic nitrogens is 1. The van der Waals surface area contributed by atoms with Crippen molar-refractivity contribution in [1.29, 1.82) is 0 Å². The lowest BCUT2D eigenvalue weighted by atomic mass is 9.96. The number of hydrogen-bond acceptors (Lipinski definition) is 2. The van der Waals surface area contributed by atoms with E-state index in [1.54, 1.807) is 18.3 Å². The molecule has 0 aliphatic carbocycles. The Kier molecular flexibility index (Phi) is 2.95. The van der Waals surface area contributed by atoms with Crippen LogP contribution in [0.2, 0.25) is 0 Å². The first-order valence-corrected chi connectivity index (χ1v) is 6.37. The molecule has 3 nitrogen and oxygen atoms in total. The van der Waals surface area contributed by atoms with Crippen LogP contribution in [0.4, 0.5) is 0 Å². The van der Waals surface area contributed by atoms with E-state index in [1.165, 1.54) is 0 Å². The van der Waals surface area contributed by atoms with E-state index in [1.807, 2.05) is 37.3 Å². The van der Waals surface area contributed by atoms with Gasteiger partial charge in [0.15, 0.2) is 0 Å². The molecule has 0 aliphatic heterocycles. The SMILES string of the molecule is Cc1ccccc1-c1c[nH]c(=O)c2cc(C=O)ccc12. The summed E-state index contributed by atoms with van der Waals surface area (Å²) in [7, 11) is 0. The van der Waals surface area contributed by atoms with E-state index in [0.717, 1.165) is 28.4 Å². The monoisotopic (exact) mass is 263 g/mol. The zero-order valence-electron chi connectivity index (χ0n) is 11.0. The number of aryl methyl sites for hydroxylation is 1. The molecule has 0 spiro atoms. The average Bonchev–Trinajstić information content (AvgIpc) is 2.48. The van der Waals surface area contributed by atoms with Crippen LogP contribution in [0.25, 0.3) is 21.9 Å². The highest BCUT2D eigenvalue weighted by atomic mass is 16.1. The number of benzene rings is 2. The normalized spacial score (nSPS) is 10.7. The van der Waals surface area contributed by atoms with Gasteiger partial charge in [-0.25, -0.2) is 0 Å². The number of pyridine rings is 1. The molecule has 0 aliphatic rings. The molecule has 3 aromatic rings. The number of carbonyl (C=O) groups is 1. The minimum absolute atomic E-state index is 0.180. The quantitative estimate of drug-likeness (QED) is 0.721. The van der Waals surface area contributed by atoms with Crippen LogP contribution in [-0.2, 0) is 0 Å². The summed E-state index contributed by atoms with van der Waals surface area (Å²) >= 11 is 0. The molecule has 98 valence electrons. The molecule has 0 radical (unpaired) electrons. The van der Waals surface area contributed by atoms with E-state index in [0.29, 0.717) is 10.9 Å². The predicted molar refractivity (Wildman–Crippen MR) is 80.1 cm³/mol. The molecule has 0 unspecified atom stereocenters. The second kappa shape index (κ2) is 4.78. The Balaban J connectivity index is 2.39. The molecule has 1 heterocycles. The lowest BCUT2D eigenvalue weighted by molar-refractivity contribution is 0.112. The number of hydrogen-bond donors (Lipinski definition) is 1. The van der Waals surface area contributed by atoms with Crippen LogP contribution in [0.1, 0.15) is 15.9 Å². The number of aromatic amines is 1. The smallest absolute Gasteiger partial charge is 0.255 e. The Bertz CT molecular complexity index is 862. The van der Waals surface area contributed by atoms with Gasteiger partial charge in [-0.05, 0) is 29.5 Å². The summed E-state index contributed by atoms with van der Waals surface area (Å²) in [5.41, 5.74) is 3.51. The number of aldehydes is 1. The molecule has 2 aromatic carbocycles. The molecular formula is C17H13NO2. The molecular weight excluding hydrogens is 250 g/mol. The van der Waals surface area contributed by atoms with Gasteiger partial charge in [0.1, 0.15) is 6.29 Å². The van der Waals surface area contributed by atoms with E-state index in [2.05, 4.69) is 4.98 Å². The molecule has 3 heteroatoms. The van der Waals surface area contributed by atoms with Crippen LogP contribution in [0, 0.1) is 6.92 Å². The summed E-state index contributed by atoms with van der Waals surface area (Å²) in [4.78, 5) is 25.6. The van der Waals surface area contributed by atoms with Gasteiger partial charge in [0.05, 0.1) is 0 Å². The Labute approximate surface area is 115 Å². The second-order valence-electron chi connectivity index (χ2n) is 4.77. The first kappa shape index (κ1) is 12.4. The molecule has 1 N–H and O–H groups in total. The summed E-state index contributed by atoms with van der Waals surface area (Å²) in [5.74, 6) is 0. The first-order chi connectivity index (χ1) is 9.70. The molecule has 0 atom stereocenters. The minimum atomic E-state index is -0.180. The highest BCUT2D eigenvalue weighted by Gasteiger charge is 2.09. The van der Waals surface area contributed by atoms with Crippen LogP contribution in [-0.4, -0.2) is 11.3 Å². The molecule has 1 aromatic heterocycles. The average molecular weight is 263 g/mol. The fraction of sp³-hybridized carbons (Fsp3) is 0.0588. The standard InChI is InChI=1S/C17H13NO2/c1-11-4-2-3-5-13(11)16-9-18-17(20)15-8-12(10-19)6-7-14(15)16/h2-10H,1H3,(H,18,20). The number of carbonyl (C=O) groups excluding carboxylic acids is 1. The van der Waals surface area contributed by atoms with Crippen molar-refractivity contribution in [3.05, 3.63) is 70.1 Å². The topological polar surface area (TPSA) is 49.9 Å². The summed E-state index contributed by atoms with van der Waals surface area (Å²) in [5, 5.41) is 1.39. The van der Waals surface area contributed by atoms with E-state index in [-0.39, 0.29) is 5.56 Å². The van der Waals surface area contributed by atoms with Gasteiger partial charge in [-0.3, -0.25) is 9.59 Å². The molecule has 0 amide bonds. The molecule has 0 bridgehead atoms. The van der Waals surface area contributed by atoms with Gasteiger partial charge in [0.25, 0.3) is 5.56 Å². The minimum Gasteiger partial charge on any atom is -0.328 e. The van der Waals surface area contributed by atoms with E-state index >= 15 is 0 Å². The number of fused-ring (bicyclic) bond motifs is 1. The third-order valence-electron chi connectivity index (χ3n) is 3.50. The van der Waals surface area contributed by atoms with Gasteiger partial charge in [0.2, 0.25) is 0 Å². The maximum atomic E-state index is 11.9. The summed E-state index contributed by atoms with van der Waals surface area (Å²) in [6.07, 6.45) is 2.48. The van der Waals surface area contributed by atoms with Crippen molar-refractivity contribution in [3.8, 4) is 11.1 Å². The van der Waals surface area contributed by atoms with Crippen LogP contribution < -0.4 is 5.56 Å². The molecule has 0 fully saturated rings. The fourth-order valence-electron chi connectivity index (χ4n) is 2.45. The highest BCUT2D eigenvalue weighted by Crippen LogP contribution is 2.28. The Morgan fingerprint density at radius 2 is 1.80 bits per heavy atom. The van der Waals surface area contributed by atoms with Crippen LogP contribution in [0.5, 0.6) is 0 Å². The van der Waals surface area contributed by atoms with E-state index in [9.17, 15) is 9.59 Å². The first-order valence-electron chi connectivity index (χ1n) is 6.37. The molecule has 20 heavy (non-hydrogen) atoms. The third-order valence-corrected chi connectivity index (χ3v) is 3.50. The maximum Gasteiger partial charge on any atom is 0.255 e. The van der Waals surface area contributed by atoms with Gasteiger partial charge < -0.3 is 4.98 Å². The number of H-pyrrole nitrogens is 1. The van der Waals surface area contributed by atoms with Crippen molar-refractivity contribution in [1.82, 2.24) is 4.98 Å². The number of rotatable bonds is 2. The van der Waals surface area contributed by atoms with Crippen molar-refractivity contribution in [2.45, 2.75) is 6.92 Å². The van der Waals surface area contributed by atoms with Gasteiger partial charge in [-0.2, -0.15) is 0 Å². The van der Waals surface area contributed by atoms with Crippen molar-refractivity contribution in [3.63, 3.8) is 0 Å². The Hall–Kier alpha value is -2.68. The molecule has 0 saturated heterocycles.